The summed E-state index contributed by atoms with van der Waals surface area (Å²) in [6.45, 7) is 5.88. The maximum atomic E-state index is 11.2. The van der Waals surface area contributed by atoms with Crippen molar-refractivity contribution >= 4 is 10.1 Å². The molecule has 0 aromatic heterocycles. The van der Waals surface area contributed by atoms with Gasteiger partial charge in [0.05, 0.1) is 4.90 Å². The molecular formula is C20H33NaO3S. The Morgan fingerprint density at radius 2 is 1.28 bits per heavy atom. The molecule has 0 saturated carbocycles. The third-order valence-corrected chi connectivity index (χ3v) is 5.90. The maximum absolute atomic E-state index is 11.2. The van der Waals surface area contributed by atoms with Crippen LogP contribution in [0.25, 0.3) is 0 Å². The molecule has 1 aromatic carbocycles. The zero-order chi connectivity index (χ0) is 18.0. The van der Waals surface area contributed by atoms with Gasteiger partial charge in [0, 0.05) is 0 Å². The summed E-state index contributed by atoms with van der Waals surface area (Å²) in [5, 5.41) is 0. The van der Waals surface area contributed by atoms with E-state index in [1.165, 1.54) is 69.4 Å². The van der Waals surface area contributed by atoms with Crippen molar-refractivity contribution in [2.75, 3.05) is 0 Å². The van der Waals surface area contributed by atoms with E-state index in [1.807, 2.05) is 6.92 Å². The van der Waals surface area contributed by atoms with Crippen LogP contribution < -0.4 is 29.6 Å². The Kier molecular flexibility index (Phi) is 13.4. The Balaban J connectivity index is 0.00000576. The molecule has 0 saturated heterocycles. The van der Waals surface area contributed by atoms with Crippen molar-refractivity contribution in [2.24, 2.45) is 0 Å². The SMILES string of the molecule is CCCCCCCCCCCCc1ccc(S(=O)(=O)[O-])c(C)c1C.[Na+]. The van der Waals surface area contributed by atoms with Crippen LogP contribution in [0.5, 0.6) is 0 Å². The second-order valence-electron chi connectivity index (χ2n) is 6.86. The van der Waals surface area contributed by atoms with E-state index in [0.29, 0.717) is 5.56 Å². The standard InChI is InChI=1S/C20H34O3S.Na/c1-4-5-6-7-8-9-10-11-12-13-14-19-15-16-20(24(21,22)23)18(3)17(19)2;/h15-16H,4-14H2,1-3H3,(H,21,22,23);/q;+1/p-1. The predicted molar refractivity (Wildman–Crippen MR) is 99.4 cm³/mol. The molecular weight excluding hydrogens is 343 g/mol. The predicted octanol–water partition coefficient (Wildman–Crippen LogP) is 2.67. The molecule has 0 bridgehead atoms. The van der Waals surface area contributed by atoms with Gasteiger partial charge in [0.1, 0.15) is 10.1 Å². The molecule has 0 aliphatic carbocycles. The fraction of sp³-hybridized carbons (Fsp3) is 0.700. The normalized spacial score (nSPS) is 11.4. The van der Waals surface area contributed by atoms with Crippen molar-refractivity contribution in [3.63, 3.8) is 0 Å². The summed E-state index contributed by atoms with van der Waals surface area (Å²) in [6.07, 6.45) is 14.0. The van der Waals surface area contributed by atoms with Gasteiger partial charge >= 0.3 is 29.6 Å². The summed E-state index contributed by atoms with van der Waals surface area (Å²) in [5.41, 5.74) is 2.72. The van der Waals surface area contributed by atoms with Crippen LogP contribution in [0.15, 0.2) is 17.0 Å². The van der Waals surface area contributed by atoms with Crippen molar-refractivity contribution in [1.29, 1.82) is 0 Å². The Labute approximate surface area is 177 Å². The van der Waals surface area contributed by atoms with Crippen molar-refractivity contribution in [3.8, 4) is 0 Å². The summed E-state index contributed by atoms with van der Waals surface area (Å²) in [5.74, 6) is 0. The van der Waals surface area contributed by atoms with Crippen LogP contribution in [-0.4, -0.2) is 13.0 Å². The van der Waals surface area contributed by atoms with Gasteiger partial charge in [0.15, 0.2) is 0 Å². The van der Waals surface area contributed by atoms with Crippen LogP contribution >= 0.6 is 0 Å². The quantitative estimate of drug-likeness (QED) is 0.320. The number of aryl methyl sites for hydroxylation is 1. The number of hydrogen-bond acceptors (Lipinski definition) is 3. The van der Waals surface area contributed by atoms with Gasteiger partial charge in [-0.25, -0.2) is 8.42 Å². The van der Waals surface area contributed by atoms with Crippen molar-refractivity contribution in [3.05, 3.63) is 28.8 Å². The van der Waals surface area contributed by atoms with Crippen molar-refractivity contribution < 1.29 is 42.5 Å². The zero-order valence-electron chi connectivity index (χ0n) is 16.6. The van der Waals surface area contributed by atoms with E-state index in [9.17, 15) is 13.0 Å². The van der Waals surface area contributed by atoms with E-state index in [1.54, 1.807) is 13.0 Å². The molecule has 0 spiro atoms. The Morgan fingerprint density at radius 3 is 1.76 bits per heavy atom. The molecule has 0 unspecified atom stereocenters. The molecule has 1 aromatic rings. The second kappa shape index (κ2) is 13.3. The molecule has 25 heavy (non-hydrogen) atoms. The first-order chi connectivity index (χ1) is 11.4. The minimum atomic E-state index is -4.37. The third kappa shape index (κ3) is 9.58. The number of unbranched alkanes of at least 4 members (excludes halogenated alkanes) is 9. The fourth-order valence-corrected chi connectivity index (χ4v) is 3.96. The molecule has 138 valence electrons. The maximum Gasteiger partial charge on any atom is 1.00 e. The average molecular weight is 377 g/mol. The Morgan fingerprint density at radius 1 is 0.800 bits per heavy atom. The van der Waals surface area contributed by atoms with E-state index in [0.717, 1.165) is 18.4 Å². The molecule has 0 aliphatic rings. The van der Waals surface area contributed by atoms with Crippen LogP contribution in [0.4, 0.5) is 0 Å². The van der Waals surface area contributed by atoms with Crippen LogP contribution in [0.2, 0.25) is 0 Å². The molecule has 0 N–H and O–H groups in total. The van der Waals surface area contributed by atoms with E-state index in [4.69, 9.17) is 0 Å². The van der Waals surface area contributed by atoms with Crippen LogP contribution in [-0.2, 0) is 16.5 Å². The van der Waals surface area contributed by atoms with E-state index in [2.05, 4.69) is 6.92 Å². The van der Waals surface area contributed by atoms with Gasteiger partial charge in [-0.3, -0.25) is 0 Å². The van der Waals surface area contributed by atoms with Crippen LogP contribution in [0.1, 0.15) is 87.8 Å². The molecule has 5 heteroatoms. The summed E-state index contributed by atoms with van der Waals surface area (Å²) in [7, 11) is -4.37. The molecule has 0 amide bonds. The van der Waals surface area contributed by atoms with Gasteiger partial charge < -0.3 is 4.55 Å². The van der Waals surface area contributed by atoms with Crippen LogP contribution in [0, 0.1) is 13.8 Å². The summed E-state index contributed by atoms with van der Waals surface area (Å²) >= 11 is 0. The van der Waals surface area contributed by atoms with Gasteiger partial charge in [-0.15, -0.1) is 0 Å². The Hall–Kier alpha value is 0.130. The third-order valence-electron chi connectivity index (χ3n) is 4.92. The minimum Gasteiger partial charge on any atom is -0.744 e. The zero-order valence-corrected chi connectivity index (χ0v) is 19.4. The van der Waals surface area contributed by atoms with Gasteiger partial charge in [-0.2, -0.15) is 0 Å². The molecule has 0 fully saturated rings. The summed E-state index contributed by atoms with van der Waals surface area (Å²) in [6, 6.07) is 3.27. The molecule has 0 radical (unpaired) electrons. The molecule has 3 nitrogen and oxygen atoms in total. The van der Waals surface area contributed by atoms with Gasteiger partial charge in [-0.1, -0.05) is 70.8 Å². The topological polar surface area (TPSA) is 57.2 Å². The summed E-state index contributed by atoms with van der Waals surface area (Å²) in [4.78, 5) is -0.0770. The Bertz CT molecular complexity index is 597. The van der Waals surface area contributed by atoms with Crippen molar-refractivity contribution in [1.82, 2.24) is 0 Å². The number of rotatable bonds is 12. The monoisotopic (exact) mass is 376 g/mol. The molecule has 0 aliphatic heterocycles. The smallest absolute Gasteiger partial charge is 0.744 e. The van der Waals surface area contributed by atoms with E-state index >= 15 is 0 Å². The minimum absolute atomic E-state index is 0. The van der Waals surface area contributed by atoms with Gasteiger partial charge in [0.25, 0.3) is 0 Å². The molecule has 1 rings (SSSR count). The van der Waals surface area contributed by atoms with Gasteiger partial charge in [-0.05, 0) is 49.4 Å². The first kappa shape index (κ1) is 25.1. The largest absolute Gasteiger partial charge is 1.00 e. The van der Waals surface area contributed by atoms with Crippen molar-refractivity contribution in [2.45, 2.75) is 96.3 Å². The first-order valence-corrected chi connectivity index (χ1v) is 10.8. The number of benzene rings is 1. The molecule has 0 heterocycles. The van der Waals surface area contributed by atoms with E-state index in [-0.39, 0.29) is 34.5 Å². The van der Waals surface area contributed by atoms with E-state index < -0.39 is 10.1 Å². The van der Waals surface area contributed by atoms with Crippen LogP contribution in [0.3, 0.4) is 0 Å². The molecule has 0 atom stereocenters. The second-order valence-corrected chi connectivity index (χ2v) is 8.21. The summed E-state index contributed by atoms with van der Waals surface area (Å²) < 4.78 is 33.6. The first-order valence-electron chi connectivity index (χ1n) is 9.43. The van der Waals surface area contributed by atoms with Gasteiger partial charge in [0.2, 0.25) is 0 Å². The fourth-order valence-electron chi connectivity index (χ4n) is 3.20. The average Bonchev–Trinajstić information content (AvgIpc) is 2.52. The number of hydrogen-bond donors (Lipinski definition) is 0.